The topological polar surface area (TPSA) is 157 Å². The highest BCUT2D eigenvalue weighted by atomic mass is 32.5. The van der Waals surface area contributed by atoms with Gasteiger partial charge in [0.1, 0.15) is 6.72 Å². The van der Waals surface area contributed by atoms with Crippen LogP contribution in [0.3, 0.4) is 0 Å². The van der Waals surface area contributed by atoms with Gasteiger partial charge in [0.15, 0.2) is 0 Å². The summed E-state index contributed by atoms with van der Waals surface area (Å²) < 4.78 is 30.9. The van der Waals surface area contributed by atoms with Crippen molar-refractivity contribution in [2.75, 3.05) is 80.2 Å². The molecule has 0 fully saturated rings. The molecule has 3 N–H and O–H groups in total. The lowest BCUT2D eigenvalue weighted by Crippen LogP contribution is -2.41. The number of carbonyl (C=O) groups excluding carboxylic acids is 2. The van der Waals surface area contributed by atoms with Gasteiger partial charge in [0.05, 0.1) is 45.7 Å². The molecule has 2 amide bonds. The summed E-state index contributed by atoms with van der Waals surface area (Å²) in [6.45, 7) is -1.92. The van der Waals surface area contributed by atoms with Gasteiger partial charge in [-0.25, -0.2) is 0 Å². The fourth-order valence-electron chi connectivity index (χ4n) is 2.65. The SMILES string of the molecule is COCCCCC(=O)NCC(CNC(=O)CCCCOC)OP([O-])(=S)OCCOCCOCCO. The Hall–Kier alpha value is -0.730. The van der Waals surface area contributed by atoms with Crippen LogP contribution in [0.15, 0.2) is 0 Å². The summed E-state index contributed by atoms with van der Waals surface area (Å²) in [7, 11) is 3.20. The third-order valence-electron chi connectivity index (χ3n) is 4.42. The second kappa shape index (κ2) is 23.7. The molecule has 0 spiro atoms. The van der Waals surface area contributed by atoms with Gasteiger partial charge in [-0.15, -0.1) is 0 Å². The van der Waals surface area contributed by atoms with E-state index in [9.17, 15) is 14.5 Å². The van der Waals surface area contributed by atoms with Crippen LogP contribution in [-0.2, 0) is 49.4 Å². The van der Waals surface area contributed by atoms with Crippen molar-refractivity contribution in [1.82, 2.24) is 10.6 Å². The Bertz CT molecular complexity index is 560. The van der Waals surface area contributed by atoms with E-state index in [2.05, 4.69) is 10.6 Å². The number of aliphatic hydroxyl groups is 1. The van der Waals surface area contributed by atoms with E-state index >= 15 is 0 Å². The number of methoxy groups -OCH3 is 2. The lowest BCUT2D eigenvalue weighted by Gasteiger charge is -2.32. The molecule has 0 bridgehead atoms. The first kappa shape index (κ1) is 34.3. The van der Waals surface area contributed by atoms with E-state index in [1.54, 1.807) is 14.2 Å². The highest BCUT2D eigenvalue weighted by Gasteiger charge is 2.17. The Morgan fingerprint density at radius 1 is 0.829 bits per heavy atom. The minimum atomic E-state index is -3.89. The second-order valence-corrected chi connectivity index (χ2v) is 10.2. The number of aliphatic hydroxyl groups excluding tert-OH is 1. The Morgan fingerprint density at radius 2 is 1.31 bits per heavy atom. The quantitative estimate of drug-likeness (QED) is 0.104. The average Bonchev–Trinajstić information content (AvgIpc) is 2.83. The van der Waals surface area contributed by atoms with Gasteiger partial charge in [-0.1, -0.05) is 11.8 Å². The number of hydrogen-bond acceptors (Lipinski definition) is 11. The van der Waals surface area contributed by atoms with Crippen LogP contribution in [0.5, 0.6) is 0 Å². The minimum absolute atomic E-state index is 0.00967. The number of rotatable bonds is 25. The molecule has 208 valence electrons. The van der Waals surface area contributed by atoms with E-state index in [1.165, 1.54) is 0 Å². The van der Waals surface area contributed by atoms with Crippen LogP contribution in [0.4, 0.5) is 0 Å². The second-order valence-electron chi connectivity index (χ2n) is 7.46. The molecule has 12 nitrogen and oxygen atoms in total. The Labute approximate surface area is 213 Å². The summed E-state index contributed by atoms with van der Waals surface area (Å²) in [5.41, 5.74) is 0. The zero-order valence-electron chi connectivity index (χ0n) is 20.9. The summed E-state index contributed by atoms with van der Waals surface area (Å²) in [4.78, 5) is 36.7. The molecule has 0 aromatic heterocycles. The van der Waals surface area contributed by atoms with Crippen LogP contribution in [0.2, 0.25) is 0 Å². The highest BCUT2D eigenvalue weighted by molar-refractivity contribution is 8.06. The zero-order valence-corrected chi connectivity index (χ0v) is 22.6. The molecule has 1 atom stereocenters. The fraction of sp³-hybridized carbons (Fsp3) is 0.905. The van der Waals surface area contributed by atoms with Crippen molar-refractivity contribution < 1.29 is 47.6 Å². The monoisotopic (exact) mass is 545 g/mol. The number of unbranched alkanes of at least 4 members (excludes halogenated alkanes) is 2. The van der Waals surface area contributed by atoms with Crippen molar-refractivity contribution >= 4 is 30.3 Å². The first-order chi connectivity index (χ1) is 16.8. The molecule has 0 heterocycles. The van der Waals surface area contributed by atoms with Crippen LogP contribution >= 0.6 is 6.72 Å². The van der Waals surface area contributed by atoms with Crippen LogP contribution < -0.4 is 15.5 Å². The van der Waals surface area contributed by atoms with Gasteiger partial charge in [0, 0.05) is 53.4 Å². The van der Waals surface area contributed by atoms with Gasteiger partial charge in [0.2, 0.25) is 11.8 Å². The molecule has 0 aromatic carbocycles. The lowest BCUT2D eigenvalue weighted by atomic mass is 10.2. The maximum Gasteiger partial charge on any atom is 0.220 e. The average molecular weight is 546 g/mol. The molecule has 0 aliphatic rings. The predicted molar refractivity (Wildman–Crippen MR) is 131 cm³/mol. The maximum atomic E-state index is 12.6. The predicted octanol–water partition coefficient (Wildman–Crippen LogP) is -0.136. The van der Waals surface area contributed by atoms with Crippen LogP contribution in [-0.4, -0.2) is 103 Å². The van der Waals surface area contributed by atoms with Crippen LogP contribution in [0.1, 0.15) is 38.5 Å². The normalized spacial score (nSPS) is 13.1. The summed E-state index contributed by atoms with van der Waals surface area (Å²) in [5, 5.41) is 14.1. The molecule has 1 unspecified atom stereocenters. The molecule has 0 aliphatic carbocycles. The molecule has 0 saturated carbocycles. The van der Waals surface area contributed by atoms with Crippen molar-refractivity contribution in [3.05, 3.63) is 0 Å². The van der Waals surface area contributed by atoms with E-state index in [1.807, 2.05) is 0 Å². The van der Waals surface area contributed by atoms with Crippen LogP contribution in [0, 0.1) is 0 Å². The molecule has 0 radical (unpaired) electrons. The van der Waals surface area contributed by atoms with Gasteiger partial charge in [-0.2, -0.15) is 0 Å². The molecular weight excluding hydrogens is 503 g/mol. The van der Waals surface area contributed by atoms with E-state index in [0.29, 0.717) is 45.5 Å². The summed E-state index contributed by atoms with van der Waals surface area (Å²) >= 11 is 4.96. The number of ether oxygens (including phenoxy) is 4. The maximum absolute atomic E-state index is 12.6. The summed E-state index contributed by atoms with van der Waals surface area (Å²) in [5.74, 6) is -0.393. The van der Waals surface area contributed by atoms with Crippen molar-refractivity contribution in [2.45, 2.75) is 44.6 Å². The minimum Gasteiger partial charge on any atom is -0.780 e. The Kier molecular flexibility index (Phi) is 23.2. The van der Waals surface area contributed by atoms with Gasteiger partial charge < -0.3 is 48.6 Å². The number of carbonyl (C=O) groups is 2. The van der Waals surface area contributed by atoms with E-state index in [0.717, 1.165) is 12.8 Å². The van der Waals surface area contributed by atoms with E-state index in [4.69, 9.17) is 44.9 Å². The zero-order chi connectivity index (χ0) is 26.2. The third-order valence-corrected chi connectivity index (χ3v) is 6.05. The fourth-order valence-corrected chi connectivity index (χ4v) is 4.11. The first-order valence-electron chi connectivity index (χ1n) is 11.8. The molecule has 0 saturated heterocycles. The van der Waals surface area contributed by atoms with Crippen molar-refractivity contribution in [1.29, 1.82) is 0 Å². The number of amides is 2. The first-order valence-corrected chi connectivity index (χ1v) is 14.3. The van der Waals surface area contributed by atoms with Gasteiger partial charge in [-0.3, -0.25) is 9.59 Å². The van der Waals surface area contributed by atoms with E-state index < -0.39 is 12.8 Å². The molecular formula is C21H42N2O10PS-. The lowest BCUT2D eigenvalue weighted by molar-refractivity contribution is -0.211. The third kappa shape index (κ3) is 23.4. The van der Waals surface area contributed by atoms with Crippen molar-refractivity contribution in [3.8, 4) is 0 Å². The smallest absolute Gasteiger partial charge is 0.220 e. The van der Waals surface area contributed by atoms with Crippen molar-refractivity contribution in [3.63, 3.8) is 0 Å². The standard InChI is InChI=1S/C21H43N2O10PS/c1-28-10-5-3-7-20(25)22-17-19(18-23-21(26)8-4-6-11-29-2)33-34(27,35)32-16-15-31-14-13-30-12-9-24/h19,24H,3-18H2,1-2H3,(H,22,25)(H,23,26)(H,27,35)/p-1. The molecule has 35 heavy (non-hydrogen) atoms. The molecule has 0 aromatic rings. The highest BCUT2D eigenvalue weighted by Crippen LogP contribution is 2.39. The van der Waals surface area contributed by atoms with Crippen molar-refractivity contribution in [2.24, 2.45) is 0 Å². The number of hydrogen-bond donors (Lipinski definition) is 3. The van der Waals surface area contributed by atoms with Crippen LogP contribution in [0.25, 0.3) is 0 Å². The molecule has 0 rings (SSSR count). The molecule has 0 aliphatic heterocycles. The van der Waals surface area contributed by atoms with Gasteiger partial charge >= 0.3 is 0 Å². The largest absolute Gasteiger partial charge is 0.780 e. The summed E-state index contributed by atoms with van der Waals surface area (Å²) in [6.07, 6.45) is 2.62. The van der Waals surface area contributed by atoms with E-state index in [-0.39, 0.29) is 57.9 Å². The Balaban J connectivity index is 4.52. The number of nitrogens with one attached hydrogen (secondary N) is 2. The van der Waals surface area contributed by atoms with Gasteiger partial charge in [-0.05, 0) is 25.7 Å². The Morgan fingerprint density at radius 3 is 1.80 bits per heavy atom. The van der Waals surface area contributed by atoms with Gasteiger partial charge in [0.25, 0.3) is 0 Å². The summed E-state index contributed by atoms with van der Waals surface area (Å²) in [6, 6.07) is 0. The molecule has 14 heteroatoms.